The van der Waals surface area contributed by atoms with Crippen molar-refractivity contribution in [1.29, 1.82) is 0 Å². The number of likely N-dealkylation sites (tertiary alicyclic amines) is 1. The van der Waals surface area contributed by atoms with Crippen molar-refractivity contribution in [2.75, 3.05) is 26.2 Å². The fourth-order valence-corrected chi connectivity index (χ4v) is 9.95. The Labute approximate surface area is 211 Å². The molecule has 0 spiro atoms. The molecule has 5 aliphatic rings. The summed E-state index contributed by atoms with van der Waals surface area (Å²) in [6.07, 6.45) is 15.0. The van der Waals surface area contributed by atoms with Gasteiger partial charge in [0.25, 0.3) is 0 Å². The molecule has 35 heavy (non-hydrogen) atoms. The Balaban J connectivity index is 1.14. The number of hydrogen-bond donors (Lipinski definition) is 2. The van der Waals surface area contributed by atoms with Crippen LogP contribution in [0.4, 0.5) is 0 Å². The topological polar surface area (TPSA) is 65.7 Å². The van der Waals surface area contributed by atoms with Crippen LogP contribution in [0, 0.1) is 28.6 Å². The average molecular weight is 483 g/mol. The zero-order valence-electron chi connectivity index (χ0n) is 21.9. The average Bonchev–Trinajstić information content (AvgIpc) is 3.46. The summed E-state index contributed by atoms with van der Waals surface area (Å²) in [5.41, 5.74) is 0.441. The molecular weight excluding hydrogens is 436 g/mol. The summed E-state index contributed by atoms with van der Waals surface area (Å²) in [6, 6.07) is 4.16. The maximum Gasteiger partial charge on any atom is 0.335 e. The van der Waals surface area contributed by atoms with Crippen molar-refractivity contribution in [2.24, 2.45) is 28.6 Å². The molecular formula is C30H46N2O3. The lowest BCUT2D eigenvalue weighted by molar-refractivity contribution is -0.202. The normalized spacial score (nSPS) is 45.6. The lowest BCUT2D eigenvalue weighted by atomic mass is 9.43. The SMILES string of the molecule is C[C@]12CCC(NCCN3CCCC3)C[C@H]1CC[C@@H]1C2CC[C@]2(C)[C@@H](c3ccc(=O)oc3)CC[C@]12O. The van der Waals surface area contributed by atoms with Gasteiger partial charge in [0.05, 0.1) is 11.9 Å². The quantitative estimate of drug-likeness (QED) is 0.623. The fraction of sp³-hybridized carbons (Fsp3) is 0.833. The zero-order chi connectivity index (χ0) is 24.3. The molecule has 4 saturated carbocycles. The molecule has 2 heterocycles. The van der Waals surface area contributed by atoms with E-state index < -0.39 is 5.60 Å². The van der Waals surface area contributed by atoms with Gasteiger partial charge in [-0.15, -0.1) is 0 Å². The van der Waals surface area contributed by atoms with Crippen molar-refractivity contribution in [2.45, 2.75) is 102 Å². The van der Waals surface area contributed by atoms with Gasteiger partial charge in [-0.1, -0.05) is 13.8 Å². The lowest BCUT2D eigenvalue weighted by Gasteiger charge is -2.64. The van der Waals surface area contributed by atoms with E-state index in [0.717, 1.165) is 37.3 Å². The fourth-order valence-electron chi connectivity index (χ4n) is 9.95. The van der Waals surface area contributed by atoms with Gasteiger partial charge >= 0.3 is 5.63 Å². The van der Waals surface area contributed by atoms with Gasteiger partial charge in [0.1, 0.15) is 0 Å². The van der Waals surface area contributed by atoms with Crippen molar-refractivity contribution in [1.82, 2.24) is 10.2 Å². The lowest BCUT2D eigenvalue weighted by Crippen LogP contribution is -2.62. The van der Waals surface area contributed by atoms with Crippen LogP contribution in [0.3, 0.4) is 0 Å². The first-order chi connectivity index (χ1) is 16.8. The van der Waals surface area contributed by atoms with Gasteiger partial charge in [-0.3, -0.25) is 0 Å². The molecule has 194 valence electrons. The monoisotopic (exact) mass is 482 g/mol. The minimum absolute atomic E-state index is 0.133. The van der Waals surface area contributed by atoms with E-state index in [1.54, 1.807) is 12.3 Å². The van der Waals surface area contributed by atoms with Crippen molar-refractivity contribution in [3.63, 3.8) is 0 Å². The summed E-state index contributed by atoms with van der Waals surface area (Å²) < 4.78 is 5.24. The summed E-state index contributed by atoms with van der Waals surface area (Å²) in [4.78, 5) is 14.2. The van der Waals surface area contributed by atoms with Crippen LogP contribution in [0.2, 0.25) is 0 Å². The molecule has 2 N–H and O–H groups in total. The number of hydrogen-bond acceptors (Lipinski definition) is 5. The first-order valence-electron chi connectivity index (χ1n) is 14.6. The summed E-state index contributed by atoms with van der Waals surface area (Å²) in [5.74, 6) is 2.11. The van der Waals surface area contributed by atoms with Crippen LogP contribution in [0.5, 0.6) is 0 Å². The van der Waals surface area contributed by atoms with Crippen LogP contribution < -0.4 is 10.9 Å². The second kappa shape index (κ2) is 8.99. The maximum atomic E-state index is 12.4. The summed E-state index contributed by atoms with van der Waals surface area (Å²) >= 11 is 0. The summed E-state index contributed by atoms with van der Waals surface area (Å²) in [5, 5.41) is 16.3. The highest BCUT2D eigenvalue weighted by Gasteiger charge is 2.67. The molecule has 1 saturated heterocycles. The van der Waals surface area contributed by atoms with E-state index in [1.165, 1.54) is 71.0 Å². The van der Waals surface area contributed by atoms with Gasteiger partial charge in [0.15, 0.2) is 0 Å². The molecule has 5 heteroatoms. The van der Waals surface area contributed by atoms with Crippen LogP contribution in [-0.2, 0) is 0 Å². The predicted octanol–water partition coefficient (Wildman–Crippen LogP) is 4.94. The molecule has 4 aliphatic carbocycles. The van der Waals surface area contributed by atoms with Gasteiger partial charge in [-0.05, 0) is 124 Å². The van der Waals surface area contributed by atoms with Crippen molar-refractivity contribution in [3.8, 4) is 0 Å². The summed E-state index contributed by atoms with van der Waals surface area (Å²) in [7, 11) is 0. The van der Waals surface area contributed by atoms with E-state index in [0.29, 0.717) is 23.3 Å². The molecule has 5 fully saturated rings. The maximum absolute atomic E-state index is 12.4. The molecule has 2 unspecified atom stereocenters. The number of fused-ring (bicyclic) bond motifs is 5. The highest BCUT2D eigenvalue weighted by Crippen LogP contribution is 2.70. The standard InChI is InChI=1S/C30H46N2O3/c1-28-12-9-23(31-15-18-32-16-3-4-17-32)19-22(28)6-7-26-25(28)10-13-29(2)24(11-14-30(26,29)34)21-5-8-27(33)35-20-21/h5,8,20,22-26,31,34H,3-4,6-7,9-19H2,1-2H3/t22-,23?,24-,25?,26-,28+,29-,30+/m1/s1. The van der Waals surface area contributed by atoms with Crippen LogP contribution in [0.25, 0.3) is 0 Å². The number of nitrogens with zero attached hydrogens (tertiary/aromatic N) is 1. The van der Waals surface area contributed by atoms with E-state index >= 15 is 0 Å². The van der Waals surface area contributed by atoms with E-state index in [-0.39, 0.29) is 17.0 Å². The van der Waals surface area contributed by atoms with Gasteiger partial charge < -0.3 is 19.7 Å². The summed E-state index contributed by atoms with van der Waals surface area (Å²) in [6.45, 7) is 9.84. The Bertz CT molecular complexity index is 952. The minimum Gasteiger partial charge on any atom is -0.431 e. The Hall–Kier alpha value is -1.17. The number of rotatable bonds is 5. The van der Waals surface area contributed by atoms with Gasteiger partial charge in [-0.2, -0.15) is 0 Å². The van der Waals surface area contributed by atoms with Crippen LogP contribution in [0.1, 0.15) is 96.0 Å². The predicted molar refractivity (Wildman–Crippen MR) is 138 cm³/mol. The molecule has 6 rings (SSSR count). The molecule has 0 bridgehead atoms. The van der Waals surface area contributed by atoms with Gasteiger partial charge in [0.2, 0.25) is 0 Å². The van der Waals surface area contributed by atoms with Gasteiger partial charge in [-0.25, -0.2) is 4.79 Å². The van der Waals surface area contributed by atoms with Crippen LogP contribution >= 0.6 is 0 Å². The number of nitrogens with one attached hydrogen (secondary N) is 1. The third kappa shape index (κ3) is 3.87. The van der Waals surface area contributed by atoms with E-state index in [1.807, 2.05) is 6.07 Å². The van der Waals surface area contributed by atoms with Crippen molar-refractivity contribution in [3.05, 3.63) is 34.4 Å². The molecule has 0 radical (unpaired) electrons. The minimum atomic E-state index is -0.602. The second-order valence-corrected chi connectivity index (χ2v) is 13.3. The van der Waals surface area contributed by atoms with E-state index in [9.17, 15) is 9.90 Å². The second-order valence-electron chi connectivity index (χ2n) is 13.3. The first kappa shape index (κ1) is 24.2. The zero-order valence-corrected chi connectivity index (χ0v) is 21.9. The largest absolute Gasteiger partial charge is 0.431 e. The third-order valence-electron chi connectivity index (χ3n) is 12.0. The van der Waals surface area contributed by atoms with Crippen LogP contribution in [-0.4, -0.2) is 47.8 Å². The van der Waals surface area contributed by atoms with Crippen molar-refractivity contribution < 1.29 is 9.52 Å². The Morgan fingerprint density at radius 3 is 2.63 bits per heavy atom. The van der Waals surface area contributed by atoms with Crippen LogP contribution in [0.15, 0.2) is 27.6 Å². The smallest absolute Gasteiger partial charge is 0.335 e. The molecule has 1 aromatic rings. The molecule has 5 nitrogen and oxygen atoms in total. The Morgan fingerprint density at radius 1 is 1.03 bits per heavy atom. The highest BCUT2D eigenvalue weighted by atomic mass is 16.4. The molecule has 1 aromatic heterocycles. The highest BCUT2D eigenvalue weighted by molar-refractivity contribution is 5.27. The number of aliphatic hydroxyl groups is 1. The molecule has 0 amide bonds. The van der Waals surface area contributed by atoms with Crippen molar-refractivity contribution >= 4 is 0 Å². The molecule has 0 aromatic carbocycles. The Morgan fingerprint density at radius 2 is 1.86 bits per heavy atom. The molecule has 1 aliphatic heterocycles. The van der Waals surface area contributed by atoms with E-state index in [4.69, 9.17) is 4.42 Å². The first-order valence-corrected chi connectivity index (χ1v) is 14.6. The van der Waals surface area contributed by atoms with E-state index in [2.05, 4.69) is 24.1 Å². The third-order valence-corrected chi connectivity index (χ3v) is 12.0. The Kier molecular flexibility index (Phi) is 6.21. The van der Waals surface area contributed by atoms with Gasteiger partial charge in [0, 0.05) is 30.6 Å². The molecule has 8 atom stereocenters.